The smallest absolute Gasteiger partial charge is 0.127 e. The molecule has 0 fully saturated rings. The molecular weight excluding hydrogens is 266 g/mol. The Morgan fingerprint density at radius 3 is 2.86 bits per heavy atom. The number of likely N-dealkylation sites (N-methyl/N-ethyl adjacent to an activating group) is 1. The van der Waals surface area contributed by atoms with Crippen molar-refractivity contribution in [2.75, 3.05) is 20.3 Å². The molecule has 0 saturated heterocycles. The first-order valence-electron chi connectivity index (χ1n) is 7.08. The van der Waals surface area contributed by atoms with E-state index in [1.165, 1.54) is 0 Å². The van der Waals surface area contributed by atoms with Crippen molar-refractivity contribution in [2.24, 2.45) is 0 Å². The Balaban J connectivity index is 1.64. The Morgan fingerprint density at radius 1 is 1.29 bits per heavy atom. The molecule has 0 saturated carbocycles. The summed E-state index contributed by atoms with van der Waals surface area (Å²) in [6.07, 6.45) is -0.634. The summed E-state index contributed by atoms with van der Waals surface area (Å²) in [5, 5.41) is 13.3. The predicted molar refractivity (Wildman–Crippen MR) is 80.6 cm³/mol. The van der Waals surface area contributed by atoms with Gasteiger partial charge in [0.25, 0.3) is 0 Å². The van der Waals surface area contributed by atoms with Crippen LogP contribution in [0.3, 0.4) is 0 Å². The molecule has 2 unspecified atom stereocenters. The normalized spacial score (nSPS) is 17.9. The van der Waals surface area contributed by atoms with Gasteiger partial charge in [0.1, 0.15) is 30.8 Å². The number of hydrogen-bond acceptors (Lipinski definition) is 4. The lowest BCUT2D eigenvalue weighted by molar-refractivity contribution is 0.108. The second-order valence-corrected chi connectivity index (χ2v) is 5.09. The molecule has 0 spiro atoms. The summed E-state index contributed by atoms with van der Waals surface area (Å²) >= 11 is 0. The van der Waals surface area contributed by atoms with Gasteiger partial charge in [-0.2, -0.15) is 0 Å². The maximum atomic E-state index is 10.1. The Morgan fingerprint density at radius 2 is 2.10 bits per heavy atom. The molecule has 0 radical (unpaired) electrons. The van der Waals surface area contributed by atoms with Crippen molar-refractivity contribution in [2.45, 2.75) is 12.1 Å². The second kappa shape index (κ2) is 6.16. The quantitative estimate of drug-likeness (QED) is 0.886. The van der Waals surface area contributed by atoms with Crippen LogP contribution in [-0.2, 0) is 0 Å². The van der Waals surface area contributed by atoms with Crippen LogP contribution in [0.5, 0.6) is 11.5 Å². The number of aliphatic hydroxyl groups excluding tert-OH is 1. The summed E-state index contributed by atoms with van der Waals surface area (Å²) < 4.78 is 11.3. The fraction of sp³-hybridized carbons (Fsp3) is 0.294. The van der Waals surface area contributed by atoms with E-state index in [1.807, 2.05) is 55.6 Å². The molecule has 21 heavy (non-hydrogen) atoms. The average Bonchev–Trinajstić information content (AvgIpc) is 2.95. The molecule has 2 atom stereocenters. The van der Waals surface area contributed by atoms with Crippen molar-refractivity contribution in [1.82, 2.24) is 5.32 Å². The second-order valence-electron chi connectivity index (χ2n) is 5.09. The predicted octanol–water partition coefficient (Wildman–Crippen LogP) is 2.45. The molecule has 3 rings (SSSR count). The number of ether oxygens (including phenoxy) is 2. The van der Waals surface area contributed by atoms with Gasteiger partial charge in [0.15, 0.2) is 0 Å². The van der Waals surface area contributed by atoms with Crippen LogP contribution in [0.15, 0.2) is 48.5 Å². The van der Waals surface area contributed by atoms with Gasteiger partial charge < -0.3 is 19.9 Å². The highest BCUT2D eigenvalue weighted by atomic mass is 16.5. The molecule has 1 aliphatic rings. The summed E-state index contributed by atoms with van der Waals surface area (Å²) in [5.74, 6) is 1.56. The topological polar surface area (TPSA) is 50.7 Å². The van der Waals surface area contributed by atoms with Crippen LogP contribution in [0.2, 0.25) is 0 Å². The molecule has 2 N–H and O–H groups in total. The van der Waals surface area contributed by atoms with Crippen molar-refractivity contribution in [3.05, 3.63) is 59.7 Å². The molecule has 0 aliphatic carbocycles. The zero-order valence-corrected chi connectivity index (χ0v) is 12.0. The van der Waals surface area contributed by atoms with E-state index in [1.54, 1.807) is 0 Å². The molecule has 0 amide bonds. The van der Waals surface area contributed by atoms with E-state index in [4.69, 9.17) is 9.47 Å². The third kappa shape index (κ3) is 3.01. The monoisotopic (exact) mass is 285 g/mol. The van der Waals surface area contributed by atoms with E-state index in [9.17, 15) is 5.11 Å². The van der Waals surface area contributed by atoms with E-state index in [0.29, 0.717) is 12.4 Å². The van der Waals surface area contributed by atoms with Gasteiger partial charge in [0.2, 0.25) is 0 Å². The van der Waals surface area contributed by atoms with Gasteiger partial charge >= 0.3 is 0 Å². The van der Waals surface area contributed by atoms with Crippen LogP contribution in [0, 0.1) is 0 Å². The van der Waals surface area contributed by atoms with Gasteiger partial charge in [0.05, 0.1) is 6.04 Å². The minimum absolute atomic E-state index is 0.220. The number of nitrogens with one attached hydrogen (secondary N) is 1. The number of aliphatic hydroxyl groups is 1. The van der Waals surface area contributed by atoms with Crippen LogP contribution < -0.4 is 14.8 Å². The molecular formula is C17H19NO3. The molecule has 4 heteroatoms. The Bertz CT molecular complexity index is 600. The van der Waals surface area contributed by atoms with Crippen LogP contribution >= 0.6 is 0 Å². The van der Waals surface area contributed by atoms with E-state index >= 15 is 0 Å². The summed E-state index contributed by atoms with van der Waals surface area (Å²) in [6, 6.07) is 15.5. The van der Waals surface area contributed by atoms with E-state index in [-0.39, 0.29) is 12.6 Å². The van der Waals surface area contributed by atoms with Gasteiger partial charge in [-0.05, 0) is 24.7 Å². The first-order valence-corrected chi connectivity index (χ1v) is 7.08. The maximum Gasteiger partial charge on any atom is 0.127 e. The first kappa shape index (κ1) is 13.9. The molecule has 0 aromatic heterocycles. The van der Waals surface area contributed by atoms with Crippen LogP contribution in [0.25, 0.3) is 0 Å². The van der Waals surface area contributed by atoms with Crippen LogP contribution in [-0.4, -0.2) is 25.4 Å². The summed E-state index contributed by atoms with van der Waals surface area (Å²) in [5.41, 5.74) is 2.00. The lowest BCUT2D eigenvalue weighted by Gasteiger charge is -2.13. The average molecular weight is 285 g/mol. The van der Waals surface area contributed by atoms with Crippen LogP contribution in [0.1, 0.15) is 23.3 Å². The fourth-order valence-electron chi connectivity index (χ4n) is 2.47. The summed E-state index contributed by atoms with van der Waals surface area (Å²) in [4.78, 5) is 0. The van der Waals surface area contributed by atoms with E-state index in [2.05, 4.69) is 5.32 Å². The largest absolute Gasteiger partial charge is 0.491 e. The minimum atomic E-state index is -0.634. The third-order valence-corrected chi connectivity index (χ3v) is 3.71. The molecule has 0 bridgehead atoms. The molecule has 2 aromatic rings. The molecule has 4 nitrogen and oxygen atoms in total. The van der Waals surface area contributed by atoms with Crippen molar-refractivity contribution in [3.8, 4) is 11.5 Å². The first-order chi connectivity index (χ1) is 10.3. The van der Waals surface area contributed by atoms with Gasteiger partial charge in [-0.25, -0.2) is 0 Å². The highest BCUT2D eigenvalue weighted by molar-refractivity contribution is 5.45. The standard InChI is InChI=1S/C17H19NO3/c1-18-15-10-21-17-9-13(7-8-14(15)17)20-11-16(19)12-5-3-2-4-6-12/h2-9,15-16,18-19H,10-11H2,1H3. The molecule has 1 heterocycles. The SMILES string of the molecule is CNC1COc2cc(OCC(O)c3ccccc3)ccc21. The Hall–Kier alpha value is -2.04. The number of fused-ring (bicyclic) bond motifs is 1. The van der Waals surface area contributed by atoms with E-state index in [0.717, 1.165) is 16.9 Å². The van der Waals surface area contributed by atoms with Gasteiger partial charge in [-0.1, -0.05) is 30.3 Å². The van der Waals surface area contributed by atoms with Crippen molar-refractivity contribution >= 4 is 0 Å². The summed E-state index contributed by atoms with van der Waals surface area (Å²) in [6.45, 7) is 0.861. The zero-order chi connectivity index (χ0) is 14.7. The third-order valence-electron chi connectivity index (χ3n) is 3.71. The number of benzene rings is 2. The van der Waals surface area contributed by atoms with Crippen molar-refractivity contribution in [1.29, 1.82) is 0 Å². The van der Waals surface area contributed by atoms with Gasteiger partial charge in [-0.3, -0.25) is 0 Å². The summed E-state index contributed by atoms with van der Waals surface area (Å²) in [7, 11) is 1.92. The van der Waals surface area contributed by atoms with Gasteiger partial charge in [0, 0.05) is 11.6 Å². The van der Waals surface area contributed by atoms with Gasteiger partial charge in [-0.15, -0.1) is 0 Å². The Labute approximate surface area is 124 Å². The van der Waals surface area contributed by atoms with Crippen molar-refractivity contribution in [3.63, 3.8) is 0 Å². The minimum Gasteiger partial charge on any atom is -0.491 e. The lowest BCUT2D eigenvalue weighted by atomic mass is 10.1. The van der Waals surface area contributed by atoms with E-state index < -0.39 is 6.10 Å². The number of hydrogen-bond donors (Lipinski definition) is 2. The Kier molecular flexibility index (Phi) is 4.08. The van der Waals surface area contributed by atoms with Crippen LogP contribution in [0.4, 0.5) is 0 Å². The number of rotatable bonds is 5. The zero-order valence-electron chi connectivity index (χ0n) is 12.0. The lowest BCUT2D eigenvalue weighted by Crippen LogP contribution is -2.17. The van der Waals surface area contributed by atoms with Crippen molar-refractivity contribution < 1.29 is 14.6 Å². The maximum absolute atomic E-state index is 10.1. The highest BCUT2D eigenvalue weighted by Crippen LogP contribution is 2.35. The molecule has 2 aromatic carbocycles. The highest BCUT2D eigenvalue weighted by Gasteiger charge is 2.23. The molecule has 1 aliphatic heterocycles. The molecule has 110 valence electrons. The fourth-order valence-corrected chi connectivity index (χ4v) is 2.47.